The topological polar surface area (TPSA) is 83.7 Å². The number of rotatable bonds is 12. The summed E-state index contributed by atoms with van der Waals surface area (Å²) in [6, 6.07) is 6.80. The average Bonchev–Trinajstić information content (AvgIpc) is 3.89. The summed E-state index contributed by atoms with van der Waals surface area (Å²) in [6.07, 6.45) is 2.70. The molecule has 0 unspecified atom stereocenters. The van der Waals surface area contributed by atoms with E-state index in [1.165, 1.54) is 13.3 Å². The van der Waals surface area contributed by atoms with Crippen molar-refractivity contribution in [1.82, 2.24) is 19.5 Å². The molecule has 2 aliphatic rings. The summed E-state index contributed by atoms with van der Waals surface area (Å²) in [7, 11) is 1.41. The van der Waals surface area contributed by atoms with E-state index in [1.54, 1.807) is 42.0 Å². The van der Waals surface area contributed by atoms with E-state index in [9.17, 15) is 22.0 Å². The standard InChI is InChI=1S/C29H28F5N5O3/c1-4-35-24(18-9-10-18)23(16(2)42-28(30)31)25-36-13-21(40-3)27(38-25)41-15-17-5-7-19(8-6-17)26-37-22(29(32,33)34)14-39(26)20-11-12-20/h4-8,13-14,18,20,28H,2,9-12,15H2,1,3H3/b24-23+,35-4?. The van der Waals surface area contributed by atoms with E-state index in [4.69, 9.17) is 9.47 Å². The molecule has 0 atom stereocenters. The molecule has 2 aliphatic carbocycles. The van der Waals surface area contributed by atoms with Crippen LogP contribution in [0.15, 0.2) is 59.7 Å². The lowest BCUT2D eigenvalue weighted by molar-refractivity contribution is -0.140. The summed E-state index contributed by atoms with van der Waals surface area (Å²) in [5.41, 5.74) is 0.953. The first-order chi connectivity index (χ1) is 20.1. The van der Waals surface area contributed by atoms with E-state index >= 15 is 0 Å². The number of nitrogens with zero attached hydrogens (tertiary/aromatic N) is 5. The van der Waals surface area contributed by atoms with E-state index in [0.717, 1.165) is 31.9 Å². The predicted octanol–water partition coefficient (Wildman–Crippen LogP) is 7.25. The zero-order valence-electron chi connectivity index (χ0n) is 22.9. The third-order valence-corrected chi connectivity index (χ3v) is 6.72. The van der Waals surface area contributed by atoms with Crippen LogP contribution < -0.4 is 9.47 Å². The van der Waals surface area contributed by atoms with Crippen LogP contribution >= 0.6 is 0 Å². The van der Waals surface area contributed by atoms with Crippen molar-refractivity contribution in [1.29, 1.82) is 0 Å². The van der Waals surface area contributed by atoms with Crippen LogP contribution in [0.25, 0.3) is 17.0 Å². The van der Waals surface area contributed by atoms with Crippen LogP contribution in [-0.2, 0) is 17.5 Å². The quantitative estimate of drug-likeness (QED) is 0.0958. The van der Waals surface area contributed by atoms with Crippen molar-refractivity contribution in [2.75, 3.05) is 7.11 Å². The summed E-state index contributed by atoms with van der Waals surface area (Å²) >= 11 is 0. The minimum Gasteiger partial charge on any atom is -0.490 e. The number of aliphatic imine (C=N–C) groups is 1. The van der Waals surface area contributed by atoms with Crippen LogP contribution in [0, 0.1) is 5.92 Å². The van der Waals surface area contributed by atoms with Crippen molar-refractivity contribution >= 4 is 11.8 Å². The van der Waals surface area contributed by atoms with E-state index in [-0.39, 0.29) is 53.2 Å². The molecule has 42 heavy (non-hydrogen) atoms. The number of benzene rings is 1. The van der Waals surface area contributed by atoms with Gasteiger partial charge in [0.25, 0.3) is 5.88 Å². The molecule has 3 aromatic rings. The maximum absolute atomic E-state index is 13.3. The van der Waals surface area contributed by atoms with Gasteiger partial charge in [0.15, 0.2) is 17.3 Å². The first kappa shape index (κ1) is 29.2. The van der Waals surface area contributed by atoms with Gasteiger partial charge in [0.1, 0.15) is 18.2 Å². The van der Waals surface area contributed by atoms with Gasteiger partial charge in [0.05, 0.1) is 24.6 Å². The highest BCUT2D eigenvalue weighted by Crippen LogP contribution is 2.43. The Bertz CT molecular complexity index is 1510. The molecule has 0 saturated heterocycles. The maximum Gasteiger partial charge on any atom is 0.434 e. The Balaban J connectivity index is 1.40. The number of aromatic nitrogens is 4. The van der Waals surface area contributed by atoms with Gasteiger partial charge in [0, 0.05) is 29.9 Å². The summed E-state index contributed by atoms with van der Waals surface area (Å²) in [4.78, 5) is 16.9. The summed E-state index contributed by atoms with van der Waals surface area (Å²) in [6.45, 7) is 2.30. The van der Waals surface area contributed by atoms with Crippen LogP contribution in [0.4, 0.5) is 22.0 Å². The SMILES string of the molecule is C=C(OC(F)F)/C(=C(\N=CC)C1CC1)c1ncc(OC)c(OCc2ccc(-c3nc(C(F)(F)F)cn3C3CC3)cc2)n1. The van der Waals surface area contributed by atoms with Gasteiger partial charge in [-0.25, -0.2) is 9.97 Å². The van der Waals surface area contributed by atoms with Crippen molar-refractivity contribution in [2.24, 2.45) is 10.9 Å². The molecule has 5 rings (SSSR count). The molecule has 13 heteroatoms. The van der Waals surface area contributed by atoms with Gasteiger partial charge in [-0.15, -0.1) is 0 Å². The van der Waals surface area contributed by atoms with E-state index in [2.05, 4.69) is 31.3 Å². The lowest BCUT2D eigenvalue weighted by Crippen LogP contribution is -2.08. The first-order valence-electron chi connectivity index (χ1n) is 13.3. The molecular formula is C29H28F5N5O3. The Hall–Kier alpha value is -4.29. The van der Waals surface area contributed by atoms with Crippen molar-refractivity contribution < 1.29 is 36.2 Å². The number of hydrogen-bond acceptors (Lipinski definition) is 7. The lowest BCUT2D eigenvalue weighted by atomic mass is 10.1. The average molecular weight is 590 g/mol. The van der Waals surface area contributed by atoms with Gasteiger partial charge in [-0.2, -0.15) is 26.9 Å². The highest BCUT2D eigenvalue weighted by atomic mass is 19.4. The number of alkyl halides is 5. The van der Waals surface area contributed by atoms with Gasteiger partial charge in [-0.3, -0.25) is 4.99 Å². The van der Waals surface area contributed by atoms with Crippen molar-refractivity contribution in [3.63, 3.8) is 0 Å². The molecule has 1 aromatic carbocycles. The molecule has 0 aliphatic heterocycles. The summed E-state index contributed by atoms with van der Waals surface area (Å²) in [5.74, 6) is 0.252. The summed E-state index contributed by atoms with van der Waals surface area (Å²) < 4.78 is 83.6. The van der Waals surface area contributed by atoms with Crippen LogP contribution in [0.3, 0.4) is 0 Å². The Kier molecular flexibility index (Phi) is 8.28. The van der Waals surface area contributed by atoms with E-state index < -0.39 is 18.5 Å². The second kappa shape index (κ2) is 11.9. The molecule has 0 spiro atoms. The third kappa shape index (κ3) is 6.60. The monoisotopic (exact) mass is 589 g/mol. The fourth-order valence-electron chi connectivity index (χ4n) is 4.41. The van der Waals surface area contributed by atoms with Crippen LogP contribution in [0.2, 0.25) is 0 Å². The smallest absolute Gasteiger partial charge is 0.434 e. The molecule has 0 bridgehead atoms. The molecule has 0 amide bonds. The second-order valence-electron chi connectivity index (χ2n) is 9.86. The number of hydrogen-bond donors (Lipinski definition) is 0. The van der Waals surface area contributed by atoms with Crippen LogP contribution in [0.5, 0.6) is 11.6 Å². The highest BCUT2D eigenvalue weighted by molar-refractivity contribution is 5.78. The molecule has 2 saturated carbocycles. The molecule has 2 fully saturated rings. The Morgan fingerprint density at radius 1 is 1.14 bits per heavy atom. The zero-order chi connectivity index (χ0) is 30.0. The number of halogens is 5. The Morgan fingerprint density at radius 2 is 1.86 bits per heavy atom. The number of methoxy groups -OCH3 is 1. The van der Waals surface area contributed by atoms with Gasteiger partial charge >= 0.3 is 12.8 Å². The maximum atomic E-state index is 13.3. The van der Waals surface area contributed by atoms with E-state index in [1.807, 2.05) is 0 Å². The van der Waals surface area contributed by atoms with Gasteiger partial charge in [-0.05, 0) is 38.2 Å². The molecule has 0 radical (unpaired) electrons. The van der Waals surface area contributed by atoms with E-state index in [0.29, 0.717) is 16.8 Å². The zero-order valence-corrected chi connectivity index (χ0v) is 22.9. The Labute approximate surface area is 238 Å². The van der Waals surface area contributed by atoms with Crippen LogP contribution in [0.1, 0.15) is 55.7 Å². The fourth-order valence-corrected chi connectivity index (χ4v) is 4.41. The molecule has 222 valence electrons. The summed E-state index contributed by atoms with van der Waals surface area (Å²) in [5, 5.41) is 0. The predicted molar refractivity (Wildman–Crippen MR) is 144 cm³/mol. The molecule has 2 aromatic heterocycles. The first-order valence-corrected chi connectivity index (χ1v) is 13.3. The number of imidazole rings is 1. The Morgan fingerprint density at radius 3 is 2.43 bits per heavy atom. The molecule has 8 nitrogen and oxygen atoms in total. The minimum atomic E-state index is -4.53. The van der Waals surface area contributed by atoms with Crippen LogP contribution in [-0.4, -0.2) is 39.5 Å². The molecule has 0 N–H and O–H groups in total. The highest BCUT2D eigenvalue weighted by Gasteiger charge is 2.37. The van der Waals surface area contributed by atoms with Crippen molar-refractivity contribution in [3.8, 4) is 23.0 Å². The lowest BCUT2D eigenvalue weighted by Gasteiger charge is -2.16. The molecule has 2 heterocycles. The van der Waals surface area contributed by atoms with Gasteiger partial charge in [-0.1, -0.05) is 30.8 Å². The normalized spacial score (nSPS) is 16.1. The van der Waals surface area contributed by atoms with Crippen molar-refractivity contribution in [2.45, 2.75) is 58.0 Å². The number of allylic oxidation sites excluding steroid dienone is 2. The second-order valence-corrected chi connectivity index (χ2v) is 9.86. The minimum absolute atomic E-state index is 0.00981. The molecular weight excluding hydrogens is 561 g/mol. The van der Waals surface area contributed by atoms with Gasteiger partial charge in [0.2, 0.25) is 0 Å². The third-order valence-electron chi connectivity index (χ3n) is 6.72. The number of ether oxygens (including phenoxy) is 3. The van der Waals surface area contributed by atoms with Gasteiger partial charge < -0.3 is 18.8 Å². The largest absolute Gasteiger partial charge is 0.490 e. The van der Waals surface area contributed by atoms with Crippen molar-refractivity contribution in [3.05, 3.63) is 71.8 Å². The fraction of sp³-hybridized carbons (Fsp3) is 0.379.